The van der Waals surface area contributed by atoms with Crippen LogP contribution < -0.4 is 29.1 Å². The van der Waals surface area contributed by atoms with Crippen LogP contribution in [0.1, 0.15) is 44.9 Å². The van der Waals surface area contributed by atoms with Crippen molar-refractivity contribution in [2.45, 2.75) is 39.8 Å². The van der Waals surface area contributed by atoms with Crippen molar-refractivity contribution in [2.24, 2.45) is 4.99 Å². The molecule has 10 heteroatoms. The molecule has 1 aliphatic rings. The minimum Gasteiger partial charge on any atom is -0.497 e. The number of ether oxygens (including phenoxy) is 4. The molecule has 0 aliphatic carbocycles. The van der Waals surface area contributed by atoms with Gasteiger partial charge >= 0.3 is 5.97 Å². The highest BCUT2D eigenvalue weighted by atomic mass is 35.5. The lowest BCUT2D eigenvalue weighted by molar-refractivity contribution is -0.139. The molecule has 0 amide bonds. The number of halogens is 1. The molecule has 0 fully saturated rings. The zero-order valence-electron chi connectivity index (χ0n) is 22.0. The van der Waals surface area contributed by atoms with Crippen molar-refractivity contribution < 1.29 is 23.7 Å². The van der Waals surface area contributed by atoms with Gasteiger partial charge in [-0.05, 0) is 70.2 Å². The standard InChI is InChI=1S/C28H29ClN2O6S/c1-7-36-27(33)24-16(4)30-28-31(25(24)20-14-19(34-5)9-11-22(20)35-6)26(32)23(38-28)13-17-12-18(29)8-10-21(17)37-15(2)3/h8-15,25H,7H2,1-6H3/b23-13+/t25-/m0/s1. The highest BCUT2D eigenvalue weighted by Gasteiger charge is 2.35. The summed E-state index contributed by atoms with van der Waals surface area (Å²) in [5.74, 6) is 1.09. The first-order valence-electron chi connectivity index (χ1n) is 12.1. The Hall–Kier alpha value is -3.56. The number of hydrogen-bond acceptors (Lipinski definition) is 8. The third kappa shape index (κ3) is 5.35. The number of hydrogen-bond donors (Lipinski definition) is 0. The van der Waals surface area contributed by atoms with E-state index in [-0.39, 0.29) is 23.8 Å². The van der Waals surface area contributed by atoms with Crippen LogP contribution in [0.5, 0.6) is 17.2 Å². The molecule has 1 aromatic heterocycles. The molecular weight excluding hydrogens is 528 g/mol. The van der Waals surface area contributed by atoms with E-state index in [0.717, 1.165) is 0 Å². The van der Waals surface area contributed by atoms with Gasteiger partial charge in [0, 0.05) is 16.1 Å². The van der Waals surface area contributed by atoms with Crippen LogP contribution in [-0.4, -0.2) is 37.5 Å². The molecule has 0 saturated heterocycles. The Labute approximate surface area is 229 Å². The van der Waals surface area contributed by atoms with E-state index >= 15 is 0 Å². The largest absolute Gasteiger partial charge is 0.497 e. The first-order valence-corrected chi connectivity index (χ1v) is 13.3. The van der Waals surface area contributed by atoms with Crippen molar-refractivity contribution in [2.75, 3.05) is 20.8 Å². The summed E-state index contributed by atoms with van der Waals surface area (Å²) in [6.45, 7) is 7.48. The third-order valence-electron chi connectivity index (χ3n) is 5.87. The maximum absolute atomic E-state index is 14.0. The molecule has 0 bridgehead atoms. The van der Waals surface area contributed by atoms with Gasteiger partial charge in [-0.2, -0.15) is 0 Å². The fourth-order valence-electron chi connectivity index (χ4n) is 4.27. The summed E-state index contributed by atoms with van der Waals surface area (Å²) >= 11 is 7.48. The SMILES string of the molecule is CCOC(=O)C1=C(C)N=c2s/c(=C/c3cc(Cl)ccc3OC(C)C)c(=O)n2[C@H]1c1cc(OC)ccc1OC. The van der Waals surface area contributed by atoms with Crippen molar-refractivity contribution >= 4 is 35.0 Å². The Balaban J connectivity index is 2.01. The second-order valence-corrected chi connectivity index (χ2v) is 10.2. The van der Waals surface area contributed by atoms with E-state index in [1.165, 1.54) is 23.0 Å². The zero-order chi connectivity index (χ0) is 27.6. The number of methoxy groups -OCH3 is 2. The molecule has 200 valence electrons. The van der Waals surface area contributed by atoms with Gasteiger partial charge in [0.05, 0.1) is 42.7 Å². The number of allylic oxidation sites excluding steroid dienone is 1. The second kappa shape index (κ2) is 11.4. The lowest BCUT2D eigenvalue weighted by atomic mass is 9.94. The lowest BCUT2D eigenvalue weighted by Crippen LogP contribution is -2.40. The smallest absolute Gasteiger partial charge is 0.338 e. The maximum atomic E-state index is 14.0. The summed E-state index contributed by atoms with van der Waals surface area (Å²) in [5.41, 5.74) is 1.62. The molecule has 0 saturated carbocycles. The number of rotatable bonds is 8. The van der Waals surface area contributed by atoms with E-state index in [9.17, 15) is 9.59 Å². The summed E-state index contributed by atoms with van der Waals surface area (Å²) in [7, 11) is 3.08. The van der Waals surface area contributed by atoms with Gasteiger partial charge in [0.15, 0.2) is 4.80 Å². The number of nitrogens with zero attached hydrogens (tertiary/aromatic N) is 2. The minimum absolute atomic E-state index is 0.0696. The Bertz CT molecular complexity index is 1590. The predicted molar refractivity (Wildman–Crippen MR) is 147 cm³/mol. The highest BCUT2D eigenvalue weighted by molar-refractivity contribution is 7.07. The van der Waals surface area contributed by atoms with Gasteiger partial charge in [-0.3, -0.25) is 9.36 Å². The van der Waals surface area contributed by atoms with Crippen LogP contribution in [0.4, 0.5) is 0 Å². The molecule has 0 unspecified atom stereocenters. The van der Waals surface area contributed by atoms with Crippen LogP contribution in [0.15, 0.2) is 57.5 Å². The summed E-state index contributed by atoms with van der Waals surface area (Å²) in [4.78, 5) is 32.2. The fourth-order valence-corrected chi connectivity index (χ4v) is 5.49. The molecule has 2 aromatic carbocycles. The third-order valence-corrected chi connectivity index (χ3v) is 7.09. The molecule has 2 heterocycles. The van der Waals surface area contributed by atoms with Crippen molar-refractivity contribution in [3.8, 4) is 17.2 Å². The highest BCUT2D eigenvalue weighted by Crippen LogP contribution is 2.38. The van der Waals surface area contributed by atoms with Crippen LogP contribution in [-0.2, 0) is 9.53 Å². The lowest BCUT2D eigenvalue weighted by Gasteiger charge is -2.26. The van der Waals surface area contributed by atoms with Gasteiger partial charge in [-0.1, -0.05) is 22.9 Å². The molecule has 8 nitrogen and oxygen atoms in total. The van der Waals surface area contributed by atoms with Crippen LogP contribution >= 0.6 is 22.9 Å². The topological polar surface area (TPSA) is 88.4 Å². The number of fused-ring (bicyclic) bond motifs is 1. The van der Waals surface area contributed by atoms with Crippen LogP contribution in [0.3, 0.4) is 0 Å². The van der Waals surface area contributed by atoms with Gasteiger partial charge in [-0.15, -0.1) is 0 Å². The molecule has 4 rings (SSSR count). The van der Waals surface area contributed by atoms with E-state index in [1.807, 2.05) is 13.8 Å². The predicted octanol–water partition coefficient (Wildman–Crippen LogP) is 4.26. The summed E-state index contributed by atoms with van der Waals surface area (Å²) in [5, 5.41) is 0.513. The van der Waals surface area contributed by atoms with Gasteiger partial charge in [0.1, 0.15) is 23.3 Å². The van der Waals surface area contributed by atoms with Gasteiger partial charge in [0.2, 0.25) is 0 Å². The van der Waals surface area contributed by atoms with Crippen molar-refractivity contribution in [1.29, 1.82) is 0 Å². The van der Waals surface area contributed by atoms with Crippen LogP contribution in [0, 0.1) is 0 Å². The minimum atomic E-state index is -0.844. The van der Waals surface area contributed by atoms with Gasteiger partial charge in [0.25, 0.3) is 5.56 Å². The molecule has 38 heavy (non-hydrogen) atoms. The van der Waals surface area contributed by atoms with Gasteiger partial charge in [-0.25, -0.2) is 9.79 Å². The second-order valence-electron chi connectivity index (χ2n) is 8.76. The Morgan fingerprint density at radius 3 is 2.55 bits per heavy atom. The first kappa shape index (κ1) is 27.5. The van der Waals surface area contributed by atoms with Crippen LogP contribution in [0.2, 0.25) is 5.02 Å². The molecular formula is C28H29ClN2O6S. The molecule has 0 spiro atoms. The number of benzene rings is 2. The number of aromatic nitrogens is 1. The maximum Gasteiger partial charge on any atom is 0.338 e. The molecule has 3 aromatic rings. The number of carbonyl (C=O) groups excluding carboxylic acids is 1. The molecule has 0 radical (unpaired) electrons. The van der Waals surface area contributed by atoms with Crippen molar-refractivity contribution in [3.63, 3.8) is 0 Å². The Morgan fingerprint density at radius 2 is 1.89 bits per heavy atom. The number of thiazole rings is 1. The van der Waals surface area contributed by atoms with Crippen LogP contribution in [0.25, 0.3) is 6.08 Å². The van der Waals surface area contributed by atoms with E-state index < -0.39 is 12.0 Å². The van der Waals surface area contributed by atoms with Crippen molar-refractivity contribution in [3.05, 3.63) is 83.5 Å². The number of esters is 1. The van der Waals surface area contributed by atoms with E-state index in [0.29, 0.717) is 48.4 Å². The summed E-state index contributed by atoms with van der Waals surface area (Å²) < 4.78 is 24.3. The summed E-state index contributed by atoms with van der Waals surface area (Å²) in [6, 6.07) is 9.66. The van der Waals surface area contributed by atoms with Gasteiger partial charge < -0.3 is 18.9 Å². The van der Waals surface area contributed by atoms with E-state index in [2.05, 4.69) is 4.99 Å². The molecule has 0 N–H and O–H groups in total. The Morgan fingerprint density at radius 1 is 1.16 bits per heavy atom. The Kier molecular flexibility index (Phi) is 8.28. The number of carbonyl (C=O) groups is 1. The first-order chi connectivity index (χ1) is 18.2. The average Bonchev–Trinajstić information content (AvgIpc) is 3.18. The van der Waals surface area contributed by atoms with Crippen molar-refractivity contribution in [1.82, 2.24) is 4.57 Å². The normalized spacial score (nSPS) is 15.3. The summed E-state index contributed by atoms with van der Waals surface area (Å²) in [6.07, 6.45) is 1.66. The zero-order valence-corrected chi connectivity index (χ0v) is 23.6. The fraction of sp³-hybridized carbons (Fsp3) is 0.321. The van der Waals surface area contributed by atoms with E-state index in [4.69, 9.17) is 30.5 Å². The molecule has 1 aliphatic heterocycles. The quantitative estimate of drug-likeness (QED) is 0.385. The average molecular weight is 557 g/mol. The monoisotopic (exact) mass is 556 g/mol. The molecule has 1 atom stereocenters. The van der Waals surface area contributed by atoms with E-state index in [1.54, 1.807) is 63.4 Å².